The van der Waals surface area contributed by atoms with E-state index in [9.17, 15) is 5.11 Å². The highest BCUT2D eigenvalue weighted by atomic mass is 16.6. The van der Waals surface area contributed by atoms with E-state index in [2.05, 4.69) is 15.0 Å². The number of imidazole rings is 1. The first kappa shape index (κ1) is 13.6. The Morgan fingerprint density at radius 2 is 2.21 bits per heavy atom. The molecule has 1 fully saturated rings. The van der Waals surface area contributed by atoms with Crippen molar-refractivity contribution in [3.63, 3.8) is 0 Å². The highest BCUT2D eigenvalue weighted by Gasteiger charge is 2.35. The maximum atomic E-state index is 9.71. The fraction of sp³-hybridized carbons (Fsp3) is 0.500. The number of hydrogen-bond donors (Lipinski definition) is 3. The van der Waals surface area contributed by atoms with Gasteiger partial charge < -0.3 is 26.2 Å². The molecule has 2 aromatic heterocycles. The lowest BCUT2D eigenvalue weighted by Crippen LogP contribution is -2.24. The van der Waals surface area contributed by atoms with E-state index in [1.165, 1.54) is 6.33 Å². The topological polar surface area (TPSA) is 151 Å². The van der Waals surface area contributed by atoms with E-state index in [-0.39, 0.29) is 12.1 Å². The van der Waals surface area contributed by atoms with Crippen LogP contribution in [0.1, 0.15) is 12.6 Å². The minimum Gasteiger partial charge on any atom is -0.412 e. The van der Waals surface area contributed by atoms with Crippen LogP contribution in [0.3, 0.4) is 0 Å². The molecule has 3 atom stereocenters. The number of aliphatic hydroxyl groups excluding tert-OH is 2. The maximum Gasteiger partial charge on any atom is 0.167 e. The Morgan fingerprint density at radius 1 is 1.42 bits per heavy atom. The van der Waals surface area contributed by atoms with Gasteiger partial charge in [-0.05, 0) is 0 Å². The molecule has 1 saturated heterocycles. The van der Waals surface area contributed by atoms with Gasteiger partial charge in [-0.1, -0.05) is 0 Å². The van der Waals surface area contributed by atoms with Gasteiger partial charge in [0.15, 0.2) is 11.5 Å². The molecule has 9 nitrogen and oxygen atoms in total. The summed E-state index contributed by atoms with van der Waals surface area (Å²) in [6.45, 7) is -0.221. The van der Waals surface area contributed by atoms with Crippen molar-refractivity contribution in [1.29, 1.82) is 0 Å². The number of nitrogen functional groups attached to an aromatic ring is 1. The summed E-state index contributed by atoms with van der Waals surface area (Å²) in [5.74, 6) is 0.302. The molecule has 0 spiro atoms. The summed E-state index contributed by atoms with van der Waals surface area (Å²) in [6, 6.07) is 0. The van der Waals surface area contributed by atoms with Gasteiger partial charge in [0.05, 0.1) is 19.0 Å². The Kier molecular flexibility index (Phi) is 3.62. The number of rotatable bonds is 2. The molecule has 1 aliphatic heterocycles. The molecule has 0 saturated carbocycles. The van der Waals surface area contributed by atoms with Crippen molar-refractivity contribution < 1.29 is 20.4 Å². The molecule has 3 heterocycles. The third-order valence-corrected chi connectivity index (χ3v) is 3.08. The molecule has 2 aromatic rings. The van der Waals surface area contributed by atoms with E-state index < -0.39 is 18.4 Å². The maximum absolute atomic E-state index is 9.71. The SMILES string of the molecule is Nc1ncnc2c1ncn2[C@H]1C[13C@H](O)[C@@H](CO)O1.O. The van der Waals surface area contributed by atoms with Crippen molar-refractivity contribution in [2.45, 2.75) is 24.9 Å². The first-order chi connectivity index (χ1) is 8.70. The van der Waals surface area contributed by atoms with E-state index in [4.69, 9.17) is 15.6 Å². The fourth-order valence-corrected chi connectivity index (χ4v) is 2.13. The predicted molar refractivity (Wildman–Crippen MR) is 65.0 cm³/mol. The van der Waals surface area contributed by atoms with Gasteiger partial charge in [-0.3, -0.25) is 4.57 Å². The minimum absolute atomic E-state index is 0. The third-order valence-electron chi connectivity index (χ3n) is 3.08. The number of aliphatic hydroxyl groups is 2. The molecule has 0 bridgehead atoms. The predicted octanol–water partition coefficient (Wildman–Crippen LogP) is -1.78. The normalized spacial score (nSPS) is 26.5. The first-order valence-electron chi connectivity index (χ1n) is 5.58. The van der Waals surface area contributed by atoms with Crippen LogP contribution in [-0.2, 0) is 4.74 Å². The summed E-state index contributed by atoms with van der Waals surface area (Å²) in [4.78, 5) is 12.1. The second-order valence-corrected chi connectivity index (χ2v) is 4.20. The quantitative estimate of drug-likeness (QED) is 0.546. The molecule has 19 heavy (non-hydrogen) atoms. The average Bonchev–Trinajstić information content (AvgIpc) is 2.93. The smallest absolute Gasteiger partial charge is 0.167 e. The Labute approximate surface area is 108 Å². The second-order valence-electron chi connectivity index (χ2n) is 4.20. The van der Waals surface area contributed by atoms with Crippen molar-refractivity contribution in [1.82, 2.24) is 19.5 Å². The Balaban J connectivity index is 0.00000133. The van der Waals surface area contributed by atoms with Gasteiger partial charge in [0, 0.05) is 6.42 Å². The summed E-state index contributed by atoms with van der Waals surface area (Å²) < 4.78 is 7.22. The lowest BCUT2D eigenvalue weighted by molar-refractivity contribution is -0.0432. The fourth-order valence-electron chi connectivity index (χ4n) is 2.13. The van der Waals surface area contributed by atoms with Crippen molar-refractivity contribution in [3.05, 3.63) is 12.7 Å². The summed E-state index contributed by atoms with van der Waals surface area (Å²) in [7, 11) is 0. The van der Waals surface area contributed by atoms with E-state index >= 15 is 0 Å². The van der Waals surface area contributed by atoms with E-state index in [1.807, 2.05) is 0 Å². The minimum atomic E-state index is -0.698. The summed E-state index contributed by atoms with van der Waals surface area (Å²) >= 11 is 0. The highest BCUT2D eigenvalue weighted by molar-refractivity contribution is 5.81. The van der Waals surface area contributed by atoms with Gasteiger partial charge in [0.25, 0.3) is 0 Å². The number of anilines is 1. The molecule has 0 aromatic carbocycles. The van der Waals surface area contributed by atoms with Gasteiger partial charge in [0.2, 0.25) is 0 Å². The lowest BCUT2D eigenvalue weighted by Gasteiger charge is -2.13. The van der Waals surface area contributed by atoms with Crippen LogP contribution in [0.5, 0.6) is 0 Å². The van der Waals surface area contributed by atoms with Crippen LogP contribution >= 0.6 is 0 Å². The summed E-state index contributed by atoms with van der Waals surface area (Å²) in [5, 5.41) is 18.8. The molecule has 0 radical (unpaired) electrons. The summed E-state index contributed by atoms with van der Waals surface area (Å²) in [6.07, 6.45) is 1.60. The lowest BCUT2D eigenvalue weighted by atomic mass is 10.4. The molecule has 6 N–H and O–H groups in total. The van der Waals surface area contributed by atoms with Gasteiger partial charge in [0.1, 0.15) is 24.2 Å². The number of aromatic nitrogens is 4. The van der Waals surface area contributed by atoms with Crippen LogP contribution in [-0.4, -0.2) is 54.0 Å². The number of hydrogen-bond acceptors (Lipinski definition) is 7. The molecule has 9 heteroatoms. The number of nitrogens with zero attached hydrogens (tertiary/aromatic N) is 4. The largest absolute Gasteiger partial charge is 0.412 e. The number of nitrogens with two attached hydrogens (primary N) is 1. The van der Waals surface area contributed by atoms with E-state index in [0.29, 0.717) is 23.4 Å². The Morgan fingerprint density at radius 3 is 2.89 bits per heavy atom. The zero-order chi connectivity index (χ0) is 12.7. The van der Waals surface area contributed by atoms with Gasteiger partial charge in [-0.2, -0.15) is 0 Å². The molecular formula is C10H15N5O4. The number of fused-ring (bicyclic) bond motifs is 1. The molecule has 104 valence electrons. The molecule has 1 aliphatic rings. The Bertz CT molecular complexity index is 574. The van der Waals surface area contributed by atoms with Crippen LogP contribution in [0.2, 0.25) is 0 Å². The van der Waals surface area contributed by atoms with Gasteiger partial charge in [-0.25, -0.2) is 15.0 Å². The number of ether oxygens (including phenoxy) is 1. The van der Waals surface area contributed by atoms with Gasteiger partial charge in [-0.15, -0.1) is 0 Å². The van der Waals surface area contributed by atoms with Crippen molar-refractivity contribution in [3.8, 4) is 0 Å². The monoisotopic (exact) mass is 270 g/mol. The van der Waals surface area contributed by atoms with E-state index in [1.54, 1.807) is 10.9 Å². The average molecular weight is 270 g/mol. The molecule has 0 aliphatic carbocycles. The van der Waals surface area contributed by atoms with Crippen molar-refractivity contribution in [2.24, 2.45) is 0 Å². The van der Waals surface area contributed by atoms with Crippen LogP contribution in [0, 0.1) is 0 Å². The summed E-state index contributed by atoms with van der Waals surface area (Å²) in [5.41, 5.74) is 6.75. The van der Waals surface area contributed by atoms with Crippen LogP contribution in [0.15, 0.2) is 12.7 Å². The van der Waals surface area contributed by atoms with Crippen LogP contribution < -0.4 is 5.73 Å². The molecular weight excluding hydrogens is 255 g/mol. The van der Waals surface area contributed by atoms with Crippen molar-refractivity contribution in [2.75, 3.05) is 12.3 Å². The van der Waals surface area contributed by atoms with Crippen molar-refractivity contribution >= 4 is 17.0 Å². The van der Waals surface area contributed by atoms with Gasteiger partial charge >= 0.3 is 0 Å². The zero-order valence-corrected chi connectivity index (χ0v) is 9.97. The van der Waals surface area contributed by atoms with Crippen LogP contribution in [0.4, 0.5) is 5.82 Å². The molecule has 0 amide bonds. The molecule has 3 rings (SSSR count). The second kappa shape index (κ2) is 5.05. The standard InChI is InChI=1S/C10H13N5O3.H2O/c11-9-8-10(13-3-12-9)15(4-14-8)7-1-5(17)6(2-16)18-7;/h3-7,16-17H,1-2H2,(H2,11,12,13);1H2/t5-,6+,7+;/m0./s1/i5+1;. The first-order valence-corrected chi connectivity index (χ1v) is 5.58. The Hall–Kier alpha value is -1.81. The van der Waals surface area contributed by atoms with E-state index in [0.717, 1.165) is 0 Å². The third kappa shape index (κ3) is 2.12. The van der Waals surface area contributed by atoms with Crippen LogP contribution in [0.25, 0.3) is 11.2 Å². The molecule has 0 unspecified atom stereocenters. The zero-order valence-electron chi connectivity index (χ0n) is 9.97. The highest BCUT2D eigenvalue weighted by Crippen LogP contribution is 2.30.